The molecule has 0 fully saturated rings. The summed E-state index contributed by atoms with van der Waals surface area (Å²) in [7, 11) is 0. The summed E-state index contributed by atoms with van der Waals surface area (Å²) in [6, 6.07) is 50.2. The molecule has 0 aromatic heterocycles. The van der Waals surface area contributed by atoms with Crippen molar-refractivity contribution in [3.63, 3.8) is 0 Å². The third-order valence-electron chi connectivity index (χ3n) is 9.88. The summed E-state index contributed by atoms with van der Waals surface area (Å²) >= 11 is 0. The molecular weight excluding hydrogens is 677 g/mol. The second kappa shape index (κ2) is 13.4. The van der Waals surface area contributed by atoms with Crippen molar-refractivity contribution in [2.24, 2.45) is 0 Å². The molecule has 0 saturated carbocycles. The molecule has 9 aromatic carbocycles. The smallest absolute Gasteiger partial charge is 0.178 e. The molecule has 0 heterocycles. The van der Waals surface area contributed by atoms with Crippen molar-refractivity contribution in [3.05, 3.63) is 203 Å². The highest BCUT2D eigenvalue weighted by Crippen LogP contribution is 2.40. The Kier molecular flexibility index (Phi) is 8.15. The van der Waals surface area contributed by atoms with Gasteiger partial charge in [-0.1, -0.05) is 181 Å². The lowest BCUT2D eigenvalue weighted by Gasteiger charge is -2.14. The Morgan fingerprint density at radius 1 is 0.241 bits per heavy atom. The van der Waals surface area contributed by atoms with E-state index in [2.05, 4.69) is 23.7 Å². The lowest BCUT2D eigenvalue weighted by Crippen LogP contribution is -2.04. The Balaban J connectivity index is 1.21. The van der Waals surface area contributed by atoms with E-state index in [0.29, 0.717) is 11.1 Å². The topological polar surface area (TPSA) is 0 Å². The van der Waals surface area contributed by atoms with Gasteiger partial charge in [0.15, 0.2) is 23.3 Å². The highest BCUT2D eigenvalue weighted by atomic mass is 19.2. The van der Waals surface area contributed by atoms with Gasteiger partial charge in [-0.25, -0.2) is 17.6 Å². The molecule has 0 aliphatic carbocycles. The first-order valence-corrected chi connectivity index (χ1v) is 17.4. The first-order valence-electron chi connectivity index (χ1n) is 17.4. The molecule has 0 aliphatic rings. The summed E-state index contributed by atoms with van der Waals surface area (Å²) < 4.78 is 63.4. The number of fused-ring (bicyclic) bond motifs is 4. The molecule has 0 unspecified atom stereocenters. The van der Waals surface area contributed by atoms with E-state index < -0.39 is 34.4 Å². The highest BCUT2D eigenvalue weighted by Gasteiger charge is 2.24. The first-order chi connectivity index (χ1) is 26.5. The zero-order chi connectivity index (χ0) is 36.8. The molecule has 0 bridgehead atoms. The van der Waals surface area contributed by atoms with Gasteiger partial charge in [0.05, 0.1) is 0 Å². The molecule has 4 heteroatoms. The maximum Gasteiger partial charge on any atom is 0.178 e. The summed E-state index contributed by atoms with van der Waals surface area (Å²) in [6.45, 7) is 0. The fraction of sp³-hybridized carbons (Fsp3) is 0. The van der Waals surface area contributed by atoms with Crippen LogP contribution in [-0.2, 0) is 0 Å². The maximum atomic E-state index is 15.8. The minimum atomic E-state index is -1.60. The lowest BCUT2D eigenvalue weighted by atomic mass is 9.88. The number of hydrogen-bond donors (Lipinski definition) is 0. The molecular formula is C50H26F4. The average molecular weight is 703 g/mol. The first kappa shape index (κ1) is 32.7. The van der Waals surface area contributed by atoms with Gasteiger partial charge in [-0.15, -0.1) is 0 Å². The summed E-state index contributed by atoms with van der Waals surface area (Å²) in [6.07, 6.45) is 0. The van der Waals surface area contributed by atoms with Gasteiger partial charge in [0.25, 0.3) is 0 Å². The van der Waals surface area contributed by atoms with Crippen molar-refractivity contribution < 1.29 is 17.6 Å². The van der Waals surface area contributed by atoms with Crippen LogP contribution in [0.15, 0.2) is 158 Å². The molecule has 9 aromatic rings. The second-order valence-corrected chi connectivity index (χ2v) is 12.9. The Morgan fingerprint density at radius 2 is 0.463 bits per heavy atom. The van der Waals surface area contributed by atoms with E-state index >= 15 is 17.6 Å². The van der Waals surface area contributed by atoms with Gasteiger partial charge in [-0.3, -0.25) is 0 Å². The predicted molar refractivity (Wildman–Crippen MR) is 212 cm³/mol. The van der Waals surface area contributed by atoms with Gasteiger partial charge >= 0.3 is 0 Å². The van der Waals surface area contributed by atoms with Crippen molar-refractivity contribution in [3.8, 4) is 45.9 Å². The van der Waals surface area contributed by atoms with Gasteiger partial charge in [-0.05, 0) is 65.3 Å². The van der Waals surface area contributed by atoms with Crippen LogP contribution >= 0.6 is 0 Å². The van der Waals surface area contributed by atoms with Crippen molar-refractivity contribution in [2.75, 3.05) is 0 Å². The molecule has 0 atom stereocenters. The maximum absolute atomic E-state index is 15.8. The van der Waals surface area contributed by atoms with Gasteiger partial charge in [0.1, 0.15) is 11.1 Å². The third kappa shape index (κ3) is 5.36. The van der Waals surface area contributed by atoms with Crippen LogP contribution in [0.2, 0.25) is 0 Å². The quantitative estimate of drug-likeness (QED) is 0.0728. The van der Waals surface area contributed by atoms with Crippen LogP contribution in [0.5, 0.6) is 0 Å². The molecule has 9 rings (SSSR count). The Labute approximate surface area is 309 Å². The fourth-order valence-electron chi connectivity index (χ4n) is 7.46. The minimum Gasteiger partial charge on any atom is -0.202 e. The van der Waals surface area contributed by atoms with Crippen molar-refractivity contribution >= 4 is 43.1 Å². The summed E-state index contributed by atoms with van der Waals surface area (Å²) in [5.41, 5.74) is 2.94. The van der Waals surface area contributed by atoms with Crippen molar-refractivity contribution in [1.82, 2.24) is 0 Å². The monoisotopic (exact) mass is 702 g/mol. The standard InChI is InChI=1S/C50H26F4/c51-47-43(29-27-37-33-19-7-11-23-39(33)45(31-15-3-1-4-16-31)40-24-12-8-20-34(37)40)48(52)50(54)44(49(47)53)30-28-38-35-21-9-13-25-41(35)46(32-17-5-2-6-18-32)42-26-14-10-22-36(38)42/h1-26H. The van der Waals surface area contributed by atoms with Gasteiger partial charge in [0.2, 0.25) is 0 Å². The van der Waals surface area contributed by atoms with Crippen molar-refractivity contribution in [2.45, 2.75) is 0 Å². The van der Waals surface area contributed by atoms with E-state index in [1.807, 2.05) is 158 Å². The fourth-order valence-corrected chi connectivity index (χ4v) is 7.46. The van der Waals surface area contributed by atoms with Crippen LogP contribution in [0.1, 0.15) is 22.3 Å². The summed E-state index contributed by atoms with van der Waals surface area (Å²) in [5, 5.41) is 6.49. The highest BCUT2D eigenvalue weighted by molar-refractivity contribution is 6.17. The summed E-state index contributed by atoms with van der Waals surface area (Å²) in [4.78, 5) is 0. The van der Waals surface area contributed by atoms with Crippen LogP contribution in [0.25, 0.3) is 65.3 Å². The molecule has 0 N–H and O–H groups in total. The third-order valence-corrected chi connectivity index (χ3v) is 9.88. The molecule has 0 aliphatic heterocycles. The molecule has 0 radical (unpaired) electrons. The largest absolute Gasteiger partial charge is 0.202 e. The minimum absolute atomic E-state index is 0.488. The Morgan fingerprint density at radius 3 is 0.741 bits per heavy atom. The summed E-state index contributed by atoms with van der Waals surface area (Å²) in [5.74, 6) is 4.32. The average Bonchev–Trinajstić information content (AvgIpc) is 3.22. The molecule has 0 nitrogen and oxygen atoms in total. The molecule has 254 valence electrons. The zero-order valence-electron chi connectivity index (χ0n) is 28.5. The lowest BCUT2D eigenvalue weighted by molar-refractivity contribution is 0.447. The number of halogens is 4. The van der Waals surface area contributed by atoms with E-state index in [9.17, 15) is 0 Å². The number of benzene rings is 9. The van der Waals surface area contributed by atoms with E-state index in [4.69, 9.17) is 0 Å². The van der Waals surface area contributed by atoms with Crippen LogP contribution in [0.3, 0.4) is 0 Å². The van der Waals surface area contributed by atoms with Gasteiger partial charge in [0, 0.05) is 11.1 Å². The molecule has 54 heavy (non-hydrogen) atoms. The second-order valence-electron chi connectivity index (χ2n) is 12.9. The molecule has 0 spiro atoms. The van der Waals surface area contributed by atoms with Crippen LogP contribution in [-0.4, -0.2) is 0 Å². The van der Waals surface area contributed by atoms with Crippen LogP contribution in [0.4, 0.5) is 17.6 Å². The van der Waals surface area contributed by atoms with Crippen LogP contribution < -0.4 is 0 Å². The normalized spacial score (nSPS) is 11.0. The predicted octanol–water partition coefficient (Wildman–Crippen LogP) is 13.0. The zero-order valence-corrected chi connectivity index (χ0v) is 28.5. The van der Waals surface area contributed by atoms with E-state index in [1.54, 1.807) is 0 Å². The van der Waals surface area contributed by atoms with E-state index in [-0.39, 0.29) is 0 Å². The van der Waals surface area contributed by atoms with Gasteiger partial charge < -0.3 is 0 Å². The number of rotatable bonds is 2. The van der Waals surface area contributed by atoms with E-state index in [1.165, 1.54) is 0 Å². The molecule has 0 amide bonds. The van der Waals surface area contributed by atoms with Crippen molar-refractivity contribution in [1.29, 1.82) is 0 Å². The molecule has 0 saturated heterocycles. The van der Waals surface area contributed by atoms with E-state index in [0.717, 1.165) is 65.3 Å². The number of hydrogen-bond acceptors (Lipinski definition) is 0. The Hall–Kier alpha value is -7.14. The SMILES string of the molecule is Fc1c(F)c(C#Cc2c3ccccc3c(-c3ccccc3)c3ccccc23)c(F)c(F)c1C#Cc1c2ccccc2c(-c2ccccc2)c2ccccc12. The van der Waals surface area contributed by atoms with Gasteiger partial charge in [-0.2, -0.15) is 0 Å². The Bertz CT molecular complexity index is 2730. The van der Waals surface area contributed by atoms with Crippen LogP contribution in [0, 0.1) is 47.0 Å².